The van der Waals surface area contributed by atoms with E-state index in [1.54, 1.807) is 24.3 Å². The molecule has 3 rings (SSSR count). The van der Waals surface area contributed by atoms with Crippen molar-refractivity contribution in [2.24, 2.45) is 0 Å². The third-order valence-electron chi connectivity index (χ3n) is 4.60. The minimum atomic E-state index is -0.997. The van der Waals surface area contributed by atoms with Crippen LogP contribution in [0.5, 0.6) is 11.5 Å². The third-order valence-corrected chi connectivity index (χ3v) is 4.60. The number of carbonyl (C=O) groups is 2. The predicted octanol–water partition coefficient (Wildman–Crippen LogP) is 3.79. The summed E-state index contributed by atoms with van der Waals surface area (Å²) >= 11 is 0. The first kappa shape index (κ1) is 18.9. The Labute approximate surface area is 158 Å². The molecule has 6 heteroatoms. The van der Waals surface area contributed by atoms with Crippen LogP contribution in [-0.4, -0.2) is 29.1 Å². The lowest BCUT2D eigenvalue weighted by Crippen LogP contribution is -2.44. The molecule has 0 aliphatic heterocycles. The van der Waals surface area contributed by atoms with Gasteiger partial charge >= 0.3 is 5.97 Å². The first-order valence-corrected chi connectivity index (χ1v) is 9.22. The third kappa shape index (κ3) is 5.82. The lowest BCUT2D eigenvalue weighted by atomic mass is 10.1. The molecule has 1 unspecified atom stereocenters. The normalized spacial score (nSPS) is 15.3. The molecule has 0 heterocycles. The van der Waals surface area contributed by atoms with Crippen LogP contribution >= 0.6 is 0 Å². The van der Waals surface area contributed by atoms with E-state index in [4.69, 9.17) is 4.74 Å². The van der Waals surface area contributed by atoms with Crippen LogP contribution in [0.3, 0.4) is 0 Å². The van der Waals surface area contributed by atoms with Gasteiger partial charge in [0.05, 0.1) is 6.42 Å². The fourth-order valence-corrected chi connectivity index (χ4v) is 3.22. The number of aliphatic carboxylic acids is 1. The summed E-state index contributed by atoms with van der Waals surface area (Å²) in [5, 5.41) is 15.2. The fraction of sp³-hybridized carbons (Fsp3) is 0.333. The van der Waals surface area contributed by atoms with Gasteiger partial charge < -0.3 is 20.5 Å². The summed E-state index contributed by atoms with van der Waals surface area (Å²) in [6.07, 6.45) is 4.04. The van der Waals surface area contributed by atoms with Crippen molar-refractivity contribution in [3.63, 3.8) is 0 Å². The summed E-state index contributed by atoms with van der Waals surface area (Å²) in [6.45, 7) is 0. The highest BCUT2D eigenvalue weighted by Crippen LogP contribution is 2.23. The first-order valence-electron chi connectivity index (χ1n) is 9.22. The van der Waals surface area contributed by atoms with Crippen molar-refractivity contribution < 1.29 is 19.4 Å². The molecule has 1 aliphatic rings. The van der Waals surface area contributed by atoms with Gasteiger partial charge in [-0.1, -0.05) is 31.0 Å². The molecular weight excluding hydrogens is 344 g/mol. The topological polar surface area (TPSA) is 87.7 Å². The fourth-order valence-electron chi connectivity index (χ4n) is 3.22. The first-order chi connectivity index (χ1) is 13.1. The van der Waals surface area contributed by atoms with E-state index >= 15 is 0 Å². The van der Waals surface area contributed by atoms with Crippen LogP contribution in [0.4, 0.5) is 5.69 Å². The van der Waals surface area contributed by atoms with Crippen LogP contribution in [0.15, 0.2) is 54.6 Å². The van der Waals surface area contributed by atoms with E-state index in [0.29, 0.717) is 11.4 Å². The second-order valence-corrected chi connectivity index (χ2v) is 6.73. The molecule has 2 aromatic carbocycles. The Hall–Kier alpha value is -2.86. The van der Waals surface area contributed by atoms with Crippen molar-refractivity contribution in [2.45, 2.75) is 44.2 Å². The molecule has 1 fully saturated rings. The maximum Gasteiger partial charge on any atom is 0.321 e. The van der Waals surface area contributed by atoms with Gasteiger partial charge in [0.2, 0.25) is 5.91 Å². The SMILES string of the molecule is O=C(CC(NC1CCCC1)C(=O)O)Nc1ccc(Oc2ccccc2)cc1. The molecule has 1 saturated carbocycles. The average molecular weight is 368 g/mol. The lowest BCUT2D eigenvalue weighted by Gasteiger charge is -2.19. The minimum Gasteiger partial charge on any atom is -0.480 e. The summed E-state index contributed by atoms with van der Waals surface area (Å²) in [5.74, 6) is 0.0652. The van der Waals surface area contributed by atoms with Crippen molar-refractivity contribution in [1.29, 1.82) is 0 Å². The van der Waals surface area contributed by atoms with E-state index in [9.17, 15) is 14.7 Å². The average Bonchev–Trinajstić information content (AvgIpc) is 3.17. The lowest BCUT2D eigenvalue weighted by molar-refractivity contribution is -0.141. The summed E-state index contributed by atoms with van der Waals surface area (Å²) < 4.78 is 5.71. The smallest absolute Gasteiger partial charge is 0.321 e. The van der Waals surface area contributed by atoms with E-state index in [1.807, 2.05) is 30.3 Å². The zero-order chi connectivity index (χ0) is 19.1. The molecule has 0 aromatic heterocycles. The van der Waals surface area contributed by atoms with E-state index < -0.39 is 12.0 Å². The van der Waals surface area contributed by atoms with E-state index in [2.05, 4.69) is 10.6 Å². The molecule has 0 bridgehead atoms. The summed E-state index contributed by atoms with van der Waals surface area (Å²) in [6, 6.07) is 15.7. The molecule has 142 valence electrons. The zero-order valence-electron chi connectivity index (χ0n) is 15.1. The van der Waals surface area contributed by atoms with Gasteiger partial charge in [-0.15, -0.1) is 0 Å². The number of para-hydroxylation sites is 1. The molecule has 0 saturated heterocycles. The number of rotatable bonds is 8. The highest BCUT2D eigenvalue weighted by Gasteiger charge is 2.26. The van der Waals surface area contributed by atoms with Gasteiger partial charge in [-0.2, -0.15) is 0 Å². The quantitative estimate of drug-likeness (QED) is 0.660. The largest absolute Gasteiger partial charge is 0.480 e. The maximum absolute atomic E-state index is 12.2. The molecular formula is C21H24N2O4. The molecule has 1 aliphatic carbocycles. The van der Waals surface area contributed by atoms with Crippen LogP contribution in [0.2, 0.25) is 0 Å². The molecule has 2 aromatic rings. The highest BCUT2D eigenvalue weighted by molar-refractivity contribution is 5.94. The number of hydrogen-bond donors (Lipinski definition) is 3. The Morgan fingerprint density at radius 3 is 2.26 bits per heavy atom. The number of amides is 1. The van der Waals surface area contributed by atoms with Crippen molar-refractivity contribution >= 4 is 17.6 Å². The van der Waals surface area contributed by atoms with Gasteiger partial charge in [-0.25, -0.2) is 0 Å². The van der Waals surface area contributed by atoms with Crippen LogP contribution in [-0.2, 0) is 9.59 Å². The second kappa shape index (κ2) is 9.19. The molecule has 3 N–H and O–H groups in total. The molecule has 1 atom stereocenters. The number of nitrogens with one attached hydrogen (secondary N) is 2. The Bertz CT molecular complexity index is 756. The number of carboxylic acid groups (broad SMARTS) is 1. The van der Waals surface area contributed by atoms with Gasteiger partial charge in [0.1, 0.15) is 17.5 Å². The van der Waals surface area contributed by atoms with Crippen molar-refractivity contribution in [3.8, 4) is 11.5 Å². The van der Waals surface area contributed by atoms with E-state index in [-0.39, 0.29) is 18.4 Å². The molecule has 27 heavy (non-hydrogen) atoms. The summed E-state index contributed by atoms with van der Waals surface area (Å²) in [4.78, 5) is 23.7. The number of hydrogen-bond acceptors (Lipinski definition) is 4. The van der Waals surface area contributed by atoms with Gasteiger partial charge in [-0.05, 0) is 49.2 Å². The summed E-state index contributed by atoms with van der Waals surface area (Å²) in [5.41, 5.74) is 0.602. The van der Waals surface area contributed by atoms with Crippen molar-refractivity contribution in [2.75, 3.05) is 5.32 Å². The van der Waals surface area contributed by atoms with Crippen LogP contribution in [0, 0.1) is 0 Å². The highest BCUT2D eigenvalue weighted by atomic mass is 16.5. The van der Waals surface area contributed by atoms with Gasteiger partial charge in [0.25, 0.3) is 0 Å². The van der Waals surface area contributed by atoms with E-state index in [0.717, 1.165) is 31.4 Å². The van der Waals surface area contributed by atoms with Gasteiger partial charge in [0, 0.05) is 11.7 Å². The van der Waals surface area contributed by atoms with Crippen molar-refractivity contribution in [3.05, 3.63) is 54.6 Å². The molecule has 1 amide bonds. The number of anilines is 1. The van der Waals surface area contributed by atoms with Crippen LogP contribution in [0.25, 0.3) is 0 Å². The van der Waals surface area contributed by atoms with Crippen LogP contribution in [0.1, 0.15) is 32.1 Å². The zero-order valence-corrected chi connectivity index (χ0v) is 15.1. The van der Waals surface area contributed by atoms with Gasteiger partial charge in [0.15, 0.2) is 0 Å². The standard InChI is InChI=1S/C21H24N2O4/c24-20(14-19(21(25)26)22-15-6-4-5-7-15)23-16-10-12-18(13-11-16)27-17-8-2-1-3-9-17/h1-3,8-13,15,19,22H,4-7,14H2,(H,23,24)(H,25,26). The monoisotopic (exact) mass is 368 g/mol. The minimum absolute atomic E-state index is 0.103. The number of ether oxygens (including phenoxy) is 1. The number of benzene rings is 2. The summed E-state index contributed by atoms with van der Waals surface area (Å²) in [7, 11) is 0. The number of carboxylic acids is 1. The Balaban J connectivity index is 1.52. The van der Waals surface area contributed by atoms with Gasteiger partial charge in [-0.3, -0.25) is 9.59 Å². The Morgan fingerprint density at radius 2 is 1.63 bits per heavy atom. The molecule has 6 nitrogen and oxygen atoms in total. The maximum atomic E-state index is 12.2. The molecule has 0 radical (unpaired) electrons. The Kier molecular flexibility index (Phi) is 6.44. The van der Waals surface area contributed by atoms with Crippen molar-refractivity contribution in [1.82, 2.24) is 5.32 Å². The van der Waals surface area contributed by atoms with E-state index in [1.165, 1.54) is 0 Å². The number of carbonyl (C=O) groups excluding carboxylic acids is 1. The second-order valence-electron chi connectivity index (χ2n) is 6.73. The molecule has 0 spiro atoms. The Morgan fingerprint density at radius 1 is 1.00 bits per heavy atom. The predicted molar refractivity (Wildman–Crippen MR) is 103 cm³/mol. The van der Waals surface area contributed by atoms with Crippen LogP contribution < -0.4 is 15.4 Å².